The molecule has 0 N–H and O–H groups in total. The average Bonchev–Trinajstić information content (AvgIpc) is 3.25. The molecule has 4 heteroatoms. The Labute approximate surface area is 189 Å². The molecule has 6 aromatic rings. The van der Waals surface area contributed by atoms with Crippen molar-refractivity contribution in [3.8, 4) is 11.5 Å². The Bertz CT molecular complexity index is 1590. The molecule has 0 fully saturated rings. The summed E-state index contributed by atoms with van der Waals surface area (Å²) in [5.41, 5.74) is 4.26. The minimum Gasteiger partial charge on any atom is -0.436 e. The van der Waals surface area contributed by atoms with Crippen molar-refractivity contribution in [2.75, 3.05) is 0 Å². The van der Waals surface area contributed by atoms with E-state index in [0.29, 0.717) is 10.9 Å². The van der Waals surface area contributed by atoms with E-state index in [9.17, 15) is 0 Å². The fourth-order valence-corrected chi connectivity index (χ4v) is 4.26. The first-order valence-corrected chi connectivity index (χ1v) is 10.7. The van der Waals surface area contributed by atoms with Crippen LogP contribution < -0.4 is 0 Å². The fourth-order valence-electron chi connectivity index (χ4n) is 4.07. The predicted molar refractivity (Wildman–Crippen MR) is 133 cm³/mol. The molecule has 6 rings (SSSR count). The van der Waals surface area contributed by atoms with Crippen LogP contribution in [0.2, 0.25) is 5.02 Å². The highest BCUT2D eigenvalue weighted by Crippen LogP contribution is 2.30. The lowest BCUT2D eigenvalue weighted by molar-refractivity contribution is 0.620. The van der Waals surface area contributed by atoms with Crippen LogP contribution >= 0.6 is 11.6 Å². The van der Waals surface area contributed by atoms with E-state index in [4.69, 9.17) is 21.0 Å². The van der Waals surface area contributed by atoms with Crippen LogP contribution in [0.1, 0.15) is 5.56 Å². The van der Waals surface area contributed by atoms with E-state index in [2.05, 4.69) is 59.6 Å². The second kappa shape index (κ2) is 7.63. The first-order valence-electron chi connectivity index (χ1n) is 10.4. The number of hydrogen-bond acceptors (Lipinski definition) is 3. The van der Waals surface area contributed by atoms with E-state index in [1.165, 1.54) is 21.5 Å². The molecular formula is C28H17ClN2O. The summed E-state index contributed by atoms with van der Waals surface area (Å²) >= 11 is 6.11. The van der Waals surface area contributed by atoms with Gasteiger partial charge in [-0.25, -0.2) is 4.98 Å². The molecule has 32 heavy (non-hydrogen) atoms. The van der Waals surface area contributed by atoms with Gasteiger partial charge in [0.25, 0.3) is 0 Å². The first kappa shape index (κ1) is 18.8. The highest BCUT2D eigenvalue weighted by atomic mass is 35.5. The summed E-state index contributed by atoms with van der Waals surface area (Å²) < 4.78 is 5.92. The molecule has 0 atom stereocenters. The van der Waals surface area contributed by atoms with Gasteiger partial charge in [0.15, 0.2) is 5.58 Å². The molecule has 1 heterocycles. The van der Waals surface area contributed by atoms with Gasteiger partial charge in [-0.2, -0.15) is 0 Å². The van der Waals surface area contributed by atoms with Crippen molar-refractivity contribution >= 4 is 56.1 Å². The monoisotopic (exact) mass is 432 g/mol. The Morgan fingerprint density at radius 3 is 2.25 bits per heavy atom. The van der Waals surface area contributed by atoms with Crippen molar-refractivity contribution in [1.82, 2.24) is 4.98 Å². The average molecular weight is 433 g/mol. The molecule has 0 radical (unpaired) electrons. The van der Waals surface area contributed by atoms with Crippen LogP contribution in [0.25, 0.3) is 44.1 Å². The van der Waals surface area contributed by atoms with Crippen LogP contribution in [0, 0.1) is 0 Å². The Hall–Kier alpha value is -3.95. The second-order valence-electron chi connectivity index (χ2n) is 7.67. The molecule has 5 aromatic carbocycles. The number of rotatable bonds is 3. The van der Waals surface area contributed by atoms with Gasteiger partial charge in [-0.05, 0) is 64.0 Å². The third-order valence-corrected chi connectivity index (χ3v) is 5.83. The van der Waals surface area contributed by atoms with Gasteiger partial charge in [-0.1, -0.05) is 66.2 Å². The normalized spacial score (nSPS) is 11.8. The Morgan fingerprint density at radius 2 is 1.50 bits per heavy atom. The molecule has 152 valence electrons. The lowest BCUT2D eigenvalue weighted by atomic mass is 9.97. The molecule has 0 aliphatic rings. The van der Waals surface area contributed by atoms with Crippen LogP contribution in [0.3, 0.4) is 0 Å². The SMILES string of the molecule is Clc1cccc(-c2nc3cc(N=Cc4c5ccccc5cc5ccccc45)ccc3o2)c1. The minimum absolute atomic E-state index is 0.545. The van der Waals surface area contributed by atoms with E-state index in [0.717, 1.165) is 27.9 Å². The third kappa shape index (κ3) is 3.33. The van der Waals surface area contributed by atoms with Crippen molar-refractivity contribution in [3.63, 3.8) is 0 Å². The maximum Gasteiger partial charge on any atom is 0.227 e. The van der Waals surface area contributed by atoms with Crippen molar-refractivity contribution in [2.45, 2.75) is 0 Å². The topological polar surface area (TPSA) is 38.4 Å². The number of aromatic nitrogens is 1. The molecular weight excluding hydrogens is 416 g/mol. The molecule has 0 aliphatic heterocycles. The number of benzene rings is 5. The van der Waals surface area contributed by atoms with Crippen LogP contribution in [-0.4, -0.2) is 11.2 Å². The van der Waals surface area contributed by atoms with Crippen molar-refractivity contribution in [2.24, 2.45) is 4.99 Å². The molecule has 0 unspecified atom stereocenters. The number of fused-ring (bicyclic) bond motifs is 3. The molecule has 0 saturated heterocycles. The third-order valence-electron chi connectivity index (χ3n) is 5.60. The highest BCUT2D eigenvalue weighted by molar-refractivity contribution is 6.30. The zero-order valence-corrected chi connectivity index (χ0v) is 17.8. The molecule has 0 aliphatic carbocycles. The van der Waals surface area contributed by atoms with Crippen molar-refractivity contribution in [1.29, 1.82) is 0 Å². The standard InChI is InChI=1S/C28H17ClN2O/c29-21-9-5-8-20(15-21)28-31-26-16-22(12-13-27(26)32-28)30-17-25-23-10-3-1-6-18(23)14-19-7-2-4-11-24(19)25/h1-17H. The lowest BCUT2D eigenvalue weighted by Crippen LogP contribution is -1.88. The van der Waals surface area contributed by atoms with Crippen LogP contribution in [0.4, 0.5) is 5.69 Å². The van der Waals surface area contributed by atoms with E-state index in [1.54, 1.807) is 0 Å². The molecule has 0 bridgehead atoms. The number of hydrogen-bond donors (Lipinski definition) is 0. The van der Waals surface area contributed by atoms with Crippen LogP contribution in [-0.2, 0) is 0 Å². The van der Waals surface area contributed by atoms with E-state index in [-0.39, 0.29) is 0 Å². The van der Waals surface area contributed by atoms with Crippen molar-refractivity contribution < 1.29 is 4.42 Å². The molecule has 0 spiro atoms. The van der Waals surface area contributed by atoms with Crippen molar-refractivity contribution in [3.05, 3.63) is 108 Å². The summed E-state index contributed by atoms with van der Waals surface area (Å²) in [4.78, 5) is 9.44. The zero-order chi connectivity index (χ0) is 21.5. The first-order chi connectivity index (χ1) is 15.7. The molecule has 3 nitrogen and oxygen atoms in total. The van der Waals surface area contributed by atoms with Gasteiger partial charge in [-0.15, -0.1) is 0 Å². The lowest BCUT2D eigenvalue weighted by Gasteiger charge is -2.07. The summed E-state index contributed by atoms with van der Waals surface area (Å²) in [7, 11) is 0. The maximum absolute atomic E-state index is 6.11. The van der Waals surface area contributed by atoms with E-state index >= 15 is 0 Å². The van der Waals surface area contributed by atoms with Gasteiger partial charge in [-0.3, -0.25) is 4.99 Å². The predicted octanol–water partition coefficient (Wildman–Crippen LogP) is 8.21. The summed E-state index contributed by atoms with van der Waals surface area (Å²) in [5.74, 6) is 0.545. The maximum atomic E-state index is 6.11. The van der Waals surface area contributed by atoms with Crippen LogP contribution in [0.5, 0.6) is 0 Å². The number of oxazole rings is 1. The van der Waals surface area contributed by atoms with Gasteiger partial charge in [0.2, 0.25) is 5.89 Å². The Kier molecular flexibility index (Phi) is 4.48. The second-order valence-corrected chi connectivity index (χ2v) is 8.11. The number of aliphatic imine (C=N–C) groups is 1. The number of nitrogens with zero attached hydrogens (tertiary/aromatic N) is 2. The summed E-state index contributed by atoms with van der Waals surface area (Å²) in [6.07, 6.45) is 1.95. The molecule has 0 amide bonds. The Morgan fingerprint density at radius 1 is 0.750 bits per heavy atom. The highest BCUT2D eigenvalue weighted by Gasteiger charge is 2.10. The summed E-state index contributed by atoms with van der Waals surface area (Å²) in [6, 6.07) is 32.3. The zero-order valence-electron chi connectivity index (χ0n) is 17.0. The van der Waals surface area contributed by atoms with E-state index in [1.807, 2.05) is 48.7 Å². The van der Waals surface area contributed by atoms with Crippen LogP contribution in [0.15, 0.2) is 106 Å². The van der Waals surface area contributed by atoms with Gasteiger partial charge >= 0.3 is 0 Å². The van der Waals surface area contributed by atoms with Gasteiger partial charge < -0.3 is 4.42 Å². The van der Waals surface area contributed by atoms with E-state index < -0.39 is 0 Å². The largest absolute Gasteiger partial charge is 0.436 e. The van der Waals surface area contributed by atoms with Gasteiger partial charge in [0, 0.05) is 22.4 Å². The van der Waals surface area contributed by atoms with Gasteiger partial charge in [0.05, 0.1) is 5.69 Å². The summed E-state index contributed by atoms with van der Waals surface area (Å²) in [6.45, 7) is 0. The van der Waals surface area contributed by atoms with Gasteiger partial charge in [0.1, 0.15) is 5.52 Å². The summed E-state index contributed by atoms with van der Waals surface area (Å²) in [5, 5.41) is 5.41. The fraction of sp³-hybridized carbons (Fsp3) is 0. The molecule has 0 saturated carbocycles. The minimum atomic E-state index is 0.545. The quantitative estimate of drug-likeness (QED) is 0.209. The number of halogens is 1. The molecule has 1 aromatic heterocycles. The smallest absolute Gasteiger partial charge is 0.227 e. The Balaban J connectivity index is 1.44.